The van der Waals surface area contributed by atoms with Crippen molar-refractivity contribution in [2.45, 2.75) is 56.9 Å². The van der Waals surface area contributed by atoms with E-state index in [-0.39, 0.29) is 18.9 Å². The second-order valence-electron chi connectivity index (χ2n) is 7.39. The highest BCUT2D eigenvalue weighted by Crippen LogP contribution is 2.32. The maximum absolute atomic E-state index is 12.7. The first-order chi connectivity index (χ1) is 13.1. The van der Waals surface area contributed by atoms with E-state index in [0.717, 1.165) is 29.8 Å². The van der Waals surface area contributed by atoms with Crippen molar-refractivity contribution in [3.8, 4) is 0 Å². The summed E-state index contributed by atoms with van der Waals surface area (Å²) in [5.74, 6) is -0.0518. The van der Waals surface area contributed by atoms with Crippen LogP contribution in [0.5, 0.6) is 0 Å². The predicted octanol–water partition coefficient (Wildman–Crippen LogP) is 2.87. The number of hydrogen-bond donors (Lipinski definition) is 1. The number of carbonyl (C=O) groups is 2. The van der Waals surface area contributed by atoms with E-state index < -0.39 is 11.9 Å². The first kappa shape index (κ1) is 17.7. The molecule has 0 bridgehead atoms. The summed E-state index contributed by atoms with van der Waals surface area (Å²) >= 11 is 0. The lowest BCUT2D eigenvalue weighted by Crippen LogP contribution is -2.40. The normalized spacial score (nSPS) is 19.9. The van der Waals surface area contributed by atoms with Gasteiger partial charge in [0.05, 0.1) is 5.92 Å². The maximum Gasteiger partial charge on any atom is 0.312 e. The van der Waals surface area contributed by atoms with Crippen molar-refractivity contribution < 1.29 is 19.2 Å². The molecule has 2 aromatic rings. The number of aromatic nitrogens is 2. The summed E-state index contributed by atoms with van der Waals surface area (Å²) in [5.41, 5.74) is 1.69. The van der Waals surface area contributed by atoms with Crippen LogP contribution in [-0.2, 0) is 22.6 Å². The molecule has 1 saturated carbocycles. The third kappa shape index (κ3) is 3.72. The van der Waals surface area contributed by atoms with Crippen LogP contribution in [0.1, 0.15) is 66.8 Å². The predicted molar refractivity (Wildman–Crippen MR) is 96.1 cm³/mol. The largest absolute Gasteiger partial charge is 0.481 e. The summed E-state index contributed by atoms with van der Waals surface area (Å²) in [6.07, 6.45) is 5.22. The maximum atomic E-state index is 12.7. The Morgan fingerprint density at radius 1 is 1.22 bits per heavy atom. The first-order valence-electron chi connectivity index (χ1n) is 9.52. The van der Waals surface area contributed by atoms with E-state index in [4.69, 9.17) is 4.52 Å². The molecule has 0 radical (unpaired) electrons. The van der Waals surface area contributed by atoms with E-state index in [9.17, 15) is 14.7 Å². The molecule has 1 aromatic heterocycles. The third-order valence-corrected chi connectivity index (χ3v) is 5.60. The summed E-state index contributed by atoms with van der Waals surface area (Å²) in [6, 6.07) is 7.42. The fourth-order valence-electron chi connectivity index (χ4n) is 4.10. The summed E-state index contributed by atoms with van der Waals surface area (Å²) < 4.78 is 5.30. The van der Waals surface area contributed by atoms with Crippen LogP contribution in [0, 0.1) is 0 Å². The average Bonchev–Trinajstić information content (AvgIpc) is 3.36. The molecule has 7 heteroatoms. The Labute approximate surface area is 157 Å². The fraction of sp³-hybridized carbons (Fsp3) is 0.500. The van der Waals surface area contributed by atoms with Crippen LogP contribution in [0.15, 0.2) is 28.8 Å². The smallest absolute Gasteiger partial charge is 0.312 e. The van der Waals surface area contributed by atoms with E-state index in [2.05, 4.69) is 10.1 Å². The standard InChI is InChI=1S/C20H23N3O4/c24-18(10-9-17-21-19(22-27-17)13-5-1-2-6-13)23-11-14-7-3-4-8-15(14)16(12-23)20(25)26/h3-4,7-8,13,16H,1-2,5-6,9-12H2,(H,25,26). The Bertz CT molecular complexity index is 841. The number of amides is 1. The topological polar surface area (TPSA) is 96.5 Å². The van der Waals surface area contributed by atoms with E-state index >= 15 is 0 Å². The van der Waals surface area contributed by atoms with Gasteiger partial charge in [-0.25, -0.2) is 0 Å². The summed E-state index contributed by atoms with van der Waals surface area (Å²) in [7, 11) is 0. The minimum Gasteiger partial charge on any atom is -0.481 e. The molecule has 4 rings (SSSR count). The van der Waals surface area contributed by atoms with Crippen molar-refractivity contribution in [1.29, 1.82) is 0 Å². The molecule has 1 aliphatic carbocycles. The Morgan fingerprint density at radius 2 is 2.00 bits per heavy atom. The molecule has 1 amide bonds. The van der Waals surface area contributed by atoms with Gasteiger partial charge in [-0.15, -0.1) is 0 Å². The first-order valence-corrected chi connectivity index (χ1v) is 9.52. The van der Waals surface area contributed by atoms with Crippen LogP contribution in [0.2, 0.25) is 0 Å². The second kappa shape index (κ2) is 7.50. The number of benzene rings is 1. The number of carbonyl (C=O) groups excluding carboxylic acids is 1. The molecule has 1 aliphatic heterocycles. The van der Waals surface area contributed by atoms with Gasteiger partial charge in [0.15, 0.2) is 5.82 Å². The fourth-order valence-corrected chi connectivity index (χ4v) is 4.10. The van der Waals surface area contributed by atoms with Crippen LogP contribution in [0.4, 0.5) is 0 Å². The van der Waals surface area contributed by atoms with E-state index in [1.54, 1.807) is 4.90 Å². The molecular weight excluding hydrogens is 346 g/mol. The number of fused-ring (bicyclic) bond motifs is 1. The van der Waals surface area contributed by atoms with Gasteiger partial charge in [-0.3, -0.25) is 9.59 Å². The van der Waals surface area contributed by atoms with Gasteiger partial charge in [0.2, 0.25) is 11.8 Å². The van der Waals surface area contributed by atoms with Crippen LogP contribution in [-0.4, -0.2) is 38.6 Å². The van der Waals surface area contributed by atoms with E-state index in [0.29, 0.717) is 24.8 Å². The van der Waals surface area contributed by atoms with Crippen LogP contribution >= 0.6 is 0 Å². The monoisotopic (exact) mass is 369 g/mol. The quantitative estimate of drug-likeness (QED) is 0.870. The summed E-state index contributed by atoms with van der Waals surface area (Å²) in [4.78, 5) is 30.3. The molecule has 1 atom stereocenters. The summed E-state index contributed by atoms with van der Waals surface area (Å²) in [6.45, 7) is 0.637. The van der Waals surface area contributed by atoms with Gasteiger partial charge in [-0.2, -0.15) is 4.98 Å². The Balaban J connectivity index is 1.39. The van der Waals surface area contributed by atoms with Gasteiger partial charge >= 0.3 is 5.97 Å². The van der Waals surface area contributed by atoms with Crippen molar-refractivity contribution in [2.24, 2.45) is 0 Å². The number of hydrogen-bond acceptors (Lipinski definition) is 5. The van der Waals surface area contributed by atoms with Crippen LogP contribution < -0.4 is 0 Å². The number of aliphatic carboxylic acids is 1. The van der Waals surface area contributed by atoms with Crippen molar-refractivity contribution in [1.82, 2.24) is 15.0 Å². The van der Waals surface area contributed by atoms with Crippen molar-refractivity contribution >= 4 is 11.9 Å². The van der Waals surface area contributed by atoms with Crippen LogP contribution in [0.3, 0.4) is 0 Å². The molecule has 27 heavy (non-hydrogen) atoms. The van der Waals surface area contributed by atoms with Gasteiger partial charge in [0, 0.05) is 31.8 Å². The molecule has 1 unspecified atom stereocenters. The zero-order chi connectivity index (χ0) is 18.8. The molecule has 1 N–H and O–H groups in total. The van der Waals surface area contributed by atoms with Gasteiger partial charge in [-0.1, -0.05) is 42.3 Å². The average molecular weight is 369 g/mol. The Morgan fingerprint density at radius 3 is 2.78 bits per heavy atom. The lowest BCUT2D eigenvalue weighted by molar-refractivity contribution is -0.141. The number of rotatable bonds is 5. The molecular formula is C20H23N3O4. The number of aryl methyl sites for hydroxylation is 1. The minimum atomic E-state index is -0.905. The number of nitrogens with zero attached hydrogens (tertiary/aromatic N) is 3. The molecule has 0 spiro atoms. The van der Waals surface area contributed by atoms with Gasteiger partial charge in [0.1, 0.15) is 0 Å². The zero-order valence-electron chi connectivity index (χ0n) is 15.1. The summed E-state index contributed by atoms with van der Waals surface area (Å²) in [5, 5.41) is 13.6. The number of carboxylic acids is 1. The minimum absolute atomic E-state index is 0.0867. The highest BCUT2D eigenvalue weighted by molar-refractivity contribution is 5.81. The van der Waals surface area contributed by atoms with Crippen LogP contribution in [0.25, 0.3) is 0 Å². The highest BCUT2D eigenvalue weighted by Gasteiger charge is 2.32. The van der Waals surface area contributed by atoms with Gasteiger partial charge < -0.3 is 14.5 Å². The molecule has 0 saturated heterocycles. The van der Waals surface area contributed by atoms with Crippen molar-refractivity contribution in [2.75, 3.05) is 6.54 Å². The SMILES string of the molecule is O=C(O)C1CN(C(=O)CCc2nc(C3CCCC3)no2)Cc2ccccc21. The van der Waals surface area contributed by atoms with E-state index in [1.807, 2.05) is 24.3 Å². The van der Waals surface area contributed by atoms with Gasteiger partial charge in [0.25, 0.3) is 0 Å². The van der Waals surface area contributed by atoms with Crippen molar-refractivity contribution in [3.05, 3.63) is 47.1 Å². The third-order valence-electron chi connectivity index (χ3n) is 5.60. The molecule has 1 fully saturated rings. The molecule has 2 aliphatic rings. The lowest BCUT2D eigenvalue weighted by Gasteiger charge is -2.32. The molecule has 7 nitrogen and oxygen atoms in total. The zero-order valence-corrected chi connectivity index (χ0v) is 15.1. The highest BCUT2D eigenvalue weighted by atomic mass is 16.5. The molecule has 142 valence electrons. The molecule has 2 heterocycles. The Hall–Kier alpha value is -2.70. The molecule has 1 aromatic carbocycles. The second-order valence-corrected chi connectivity index (χ2v) is 7.39. The van der Waals surface area contributed by atoms with Crippen molar-refractivity contribution in [3.63, 3.8) is 0 Å². The Kier molecular flexibility index (Phi) is 4.92. The van der Waals surface area contributed by atoms with E-state index in [1.165, 1.54) is 12.8 Å². The lowest BCUT2D eigenvalue weighted by atomic mass is 9.89. The number of carboxylic acid groups (broad SMARTS) is 1. The van der Waals surface area contributed by atoms with Gasteiger partial charge in [-0.05, 0) is 24.0 Å².